The van der Waals surface area contributed by atoms with E-state index in [1.807, 2.05) is 35.6 Å². The maximum atomic E-state index is 12.8. The minimum Gasteiger partial charge on any atom is -0.354 e. The lowest BCUT2D eigenvalue weighted by Gasteiger charge is -2.36. The van der Waals surface area contributed by atoms with E-state index >= 15 is 0 Å². The number of carbonyl (C=O) groups is 2. The second-order valence-corrected chi connectivity index (χ2v) is 5.91. The molecule has 22 heavy (non-hydrogen) atoms. The first-order chi connectivity index (χ1) is 10.5. The summed E-state index contributed by atoms with van der Waals surface area (Å²) in [6, 6.07) is 3.89. The number of hydrogen-bond acceptors (Lipinski definition) is 3. The lowest BCUT2D eigenvalue weighted by Crippen LogP contribution is -2.49. The highest BCUT2D eigenvalue weighted by molar-refractivity contribution is 5.93. The van der Waals surface area contributed by atoms with Gasteiger partial charge in [-0.25, -0.2) is 0 Å². The number of amides is 2. The Morgan fingerprint density at radius 1 is 1.36 bits per heavy atom. The van der Waals surface area contributed by atoms with Gasteiger partial charge in [0.2, 0.25) is 5.91 Å². The van der Waals surface area contributed by atoms with Gasteiger partial charge in [-0.3, -0.25) is 9.59 Å². The molecular formula is C16H26N4O2. The van der Waals surface area contributed by atoms with Gasteiger partial charge in [-0.1, -0.05) is 0 Å². The molecule has 3 N–H and O–H groups in total. The Bertz CT molecular complexity index is 538. The third-order valence-electron chi connectivity index (χ3n) is 4.39. The van der Waals surface area contributed by atoms with E-state index in [9.17, 15) is 9.59 Å². The number of aryl methyl sites for hydroxylation is 1. The summed E-state index contributed by atoms with van der Waals surface area (Å²) in [5, 5.41) is 2.89. The van der Waals surface area contributed by atoms with Crippen LogP contribution in [0.15, 0.2) is 12.1 Å². The summed E-state index contributed by atoms with van der Waals surface area (Å²) in [4.78, 5) is 26.3. The highest BCUT2D eigenvalue weighted by atomic mass is 16.2. The van der Waals surface area contributed by atoms with E-state index < -0.39 is 0 Å². The van der Waals surface area contributed by atoms with Crippen LogP contribution in [0.2, 0.25) is 0 Å². The first kappa shape index (κ1) is 16.5. The fraction of sp³-hybridized carbons (Fsp3) is 0.625. The number of nitrogens with zero attached hydrogens (tertiary/aromatic N) is 2. The van der Waals surface area contributed by atoms with Gasteiger partial charge >= 0.3 is 0 Å². The monoisotopic (exact) mass is 306 g/mol. The highest BCUT2D eigenvalue weighted by Gasteiger charge is 2.29. The SMILES string of the molecule is Cc1ccc(C(=O)N2CCCCC2CNC(=O)CCN)n1C. The van der Waals surface area contributed by atoms with Crippen LogP contribution in [-0.2, 0) is 11.8 Å². The van der Waals surface area contributed by atoms with Gasteiger partial charge in [0.05, 0.1) is 0 Å². The van der Waals surface area contributed by atoms with Crippen LogP contribution in [0, 0.1) is 6.92 Å². The zero-order valence-corrected chi connectivity index (χ0v) is 13.5. The zero-order chi connectivity index (χ0) is 16.1. The lowest BCUT2D eigenvalue weighted by atomic mass is 10.0. The van der Waals surface area contributed by atoms with Gasteiger partial charge in [0.1, 0.15) is 5.69 Å². The van der Waals surface area contributed by atoms with E-state index in [-0.39, 0.29) is 17.9 Å². The zero-order valence-electron chi connectivity index (χ0n) is 13.5. The van der Waals surface area contributed by atoms with E-state index in [1.54, 1.807) is 0 Å². The Morgan fingerprint density at radius 2 is 2.14 bits per heavy atom. The molecule has 2 amide bonds. The van der Waals surface area contributed by atoms with Crippen molar-refractivity contribution in [3.05, 3.63) is 23.5 Å². The molecule has 1 atom stereocenters. The molecule has 0 saturated carbocycles. The van der Waals surface area contributed by atoms with Gasteiger partial charge in [0.15, 0.2) is 0 Å². The molecule has 122 valence electrons. The molecule has 6 nitrogen and oxygen atoms in total. The molecule has 1 aliphatic rings. The number of likely N-dealkylation sites (tertiary alicyclic amines) is 1. The molecule has 2 rings (SSSR count). The van der Waals surface area contributed by atoms with Crippen LogP contribution in [0.5, 0.6) is 0 Å². The van der Waals surface area contributed by atoms with Gasteiger partial charge in [0, 0.05) is 44.8 Å². The molecule has 0 spiro atoms. The van der Waals surface area contributed by atoms with Crippen molar-refractivity contribution in [1.29, 1.82) is 0 Å². The smallest absolute Gasteiger partial charge is 0.270 e. The number of nitrogens with two attached hydrogens (primary N) is 1. The van der Waals surface area contributed by atoms with Crippen molar-refractivity contribution in [2.24, 2.45) is 12.8 Å². The standard InChI is InChI=1S/C16H26N4O2/c1-12-6-7-14(19(12)2)16(22)20-10-4-3-5-13(20)11-18-15(21)8-9-17/h6-7,13H,3-5,8-11,17H2,1-2H3,(H,18,21). The molecule has 1 fully saturated rings. The minimum atomic E-state index is -0.0461. The maximum absolute atomic E-state index is 12.8. The second kappa shape index (κ2) is 7.45. The molecule has 0 aromatic carbocycles. The molecular weight excluding hydrogens is 280 g/mol. The van der Waals surface area contributed by atoms with Crippen LogP contribution in [-0.4, -0.2) is 47.0 Å². The quantitative estimate of drug-likeness (QED) is 0.844. The van der Waals surface area contributed by atoms with Crippen molar-refractivity contribution in [2.45, 2.75) is 38.6 Å². The van der Waals surface area contributed by atoms with Crippen LogP contribution < -0.4 is 11.1 Å². The Balaban J connectivity index is 2.04. The first-order valence-electron chi connectivity index (χ1n) is 7.94. The maximum Gasteiger partial charge on any atom is 0.270 e. The van der Waals surface area contributed by atoms with E-state index in [0.29, 0.717) is 25.2 Å². The number of aromatic nitrogens is 1. The van der Waals surface area contributed by atoms with Crippen LogP contribution in [0.25, 0.3) is 0 Å². The number of nitrogens with one attached hydrogen (secondary N) is 1. The van der Waals surface area contributed by atoms with E-state index in [4.69, 9.17) is 5.73 Å². The molecule has 0 radical (unpaired) electrons. The van der Waals surface area contributed by atoms with Crippen LogP contribution >= 0.6 is 0 Å². The predicted molar refractivity (Wildman–Crippen MR) is 85.5 cm³/mol. The summed E-state index contributed by atoms with van der Waals surface area (Å²) in [6.45, 7) is 3.59. The van der Waals surface area contributed by atoms with Crippen molar-refractivity contribution in [3.63, 3.8) is 0 Å². The summed E-state index contributed by atoms with van der Waals surface area (Å²) in [5.74, 6) is 0.00329. The number of rotatable bonds is 5. The summed E-state index contributed by atoms with van der Waals surface area (Å²) in [7, 11) is 1.91. The van der Waals surface area contributed by atoms with Gasteiger partial charge in [-0.15, -0.1) is 0 Å². The minimum absolute atomic E-state index is 0.0461. The average Bonchev–Trinajstić information content (AvgIpc) is 2.85. The van der Waals surface area contributed by atoms with E-state index in [1.165, 1.54) is 0 Å². The summed E-state index contributed by atoms with van der Waals surface area (Å²) in [5.41, 5.74) is 7.15. The Hall–Kier alpha value is -1.82. The topological polar surface area (TPSA) is 80.4 Å². The van der Waals surface area contributed by atoms with Gasteiger partial charge in [0.25, 0.3) is 5.91 Å². The third-order valence-corrected chi connectivity index (χ3v) is 4.39. The van der Waals surface area contributed by atoms with E-state index in [2.05, 4.69) is 5.32 Å². The highest BCUT2D eigenvalue weighted by Crippen LogP contribution is 2.20. The van der Waals surface area contributed by atoms with Crippen molar-refractivity contribution in [3.8, 4) is 0 Å². The van der Waals surface area contributed by atoms with E-state index in [0.717, 1.165) is 31.5 Å². The molecule has 1 saturated heterocycles. The predicted octanol–water partition coefficient (Wildman–Crippen LogP) is 0.793. The van der Waals surface area contributed by atoms with Crippen LogP contribution in [0.3, 0.4) is 0 Å². The van der Waals surface area contributed by atoms with Crippen molar-refractivity contribution in [2.75, 3.05) is 19.6 Å². The first-order valence-corrected chi connectivity index (χ1v) is 7.94. The van der Waals surface area contributed by atoms with Gasteiger partial charge in [-0.2, -0.15) is 0 Å². The van der Waals surface area contributed by atoms with Crippen LogP contribution in [0.4, 0.5) is 0 Å². The fourth-order valence-corrected chi connectivity index (χ4v) is 2.91. The van der Waals surface area contributed by atoms with Gasteiger partial charge in [-0.05, 0) is 38.3 Å². The fourth-order valence-electron chi connectivity index (χ4n) is 2.91. The average molecular weight is 306 g/mol. The molecule has 2 heterocycles. The molecule has 0 bridgehead atoms. The van der Waals surface area contributed by atoms with Crippen molar-refractivity contribution >= 4 is 11.8 Å². The Labute approximate surface area is 131 Å². The number of piperidine rings is 1. The largest absolute Gasteiger partial charge is 0.354 e. The molecule has 6 heteroatoms. The van der Waals surface area contributed by atoms with Gasteiger partial charge < -0.3 is 20.5 Å². The summed E-state index contributed by atoms with van der Waals surface area (Å²) in [6.07, 6.45) is 3.37. The van der Waals surface area contributed by atoms with Crippen molar-refractivity contribution in [1.82, 2.24) is 14.8 Å². The van der Waals surface area contributed by atoms with Crippen LogP contribution in [0.1, 0.15) is 41.9 Å². The Morgan fingerprint density at radius 3 is 2.77 bits per heavy atom. The molecule has 1 unspecified atom stereocenters. The number of hydrogen-bond donors (Lipinski definition) is 2. The summed E-state index contributed by atoms with van der Waals surface area (Å²) < 4.78 is 1.92. The molecule has 1 aromatic rings. The Kier molecular flexibility index (Phi) is 5.60. The van der Waals surface area contributed by atoms with Crippen molar-refractivity contribution < 1.29 is 9.59 Å². The molecule has 0 aliphatic carbocycles. The molecule has 1 aliphatic heterocycles. The normalized spacial score (nSPS) is 18.3. The summed E-state index contributed by atoms with van der Waals surface area (Å²) >= 11 is 0. The third kappa shape index (κ3) is 3.68. The lowest BCUT2D eigenvalue weighted by molar-refractivity contribution is -0.121. The second-order valence-electron chi connectivity index (χ2n) is 5.91. The molecule has 1 aromatic heterocycles. The number of carbonyl (C=O) groups excluding carboxylic acids is 2.